The predicted octanol–water partition coefficient (Wildman–Crippen LogP) is -0.806. The maximum Gasteiger partial charge on any atom is 0.303 e. The van der Waals surface area contributed by atoms with Crippen molar-refractivity contribution in [3.05, 3.63) is 0 Å². The molecule has 2 unspecified atom stereocenters. The lowest BCUT2D eigenvalue weighted by atomic mass is 9.44. The van der Waals surface area contributed by atoms with Crippen molar-refractivity contribution >= 4 is 11.9 Å². The number of piperidine rings is 1. The number of nitrogens with zero attached hydrogens (tertiary/aromatic N) is 2. The molecule has 0 aromatic carbocycles. The summed E-state index contributed by atoms with van der Waals surface area (Å²) < 4.78 is 14.3. The highest BCUT2D eigenvalue weighted by atomic mass is 79.9. The van der Waals surface area contributed by atoms with Crippen LogP contribution in [0.5, 0.6) is 0 Å². The molecule has 232 valence electrons. The van der Waals surface area contributed by atoms with E-state index >= 15 is 0 Å². The van der Waals surface area contributed by atoms with Gasteiger partial charge in [0.1, 0.15) is 12.1 Å². The quantitative estimate of drug-likeness (QED) is 0.286. The summed E-state index contributed by atoms with van der Waals surface area (Å²) in [6, 6.07) is 0.757. The summed E-state index contributed by atoms with van der Waals surface area (Å²) in [6.07, 6.45) is 12.3. The van der Waals surface area contributed by atoms with Crippen LogP contribution in [-0.4, -0.2) is 86.5 Å². The highest BCUT2D eigenvalue weighted by Crippen LogP contribution is 2.67. The van der Waals surface area contributed by atoms with E-state index in [1.165, 1.54) is 58.0 Å². The van der Waals surface area contributed by atoms with Crippen molar-refractivity contribution in [2.45, 2.75) is 116 Å². The number of esters is 2. The van der Waals surface area contributed by atoms with Crippen molar-refractivity contribution in [3.8, 4) is 0 Å². The van der Waals surface area contributed by atoms with Gasteiger partial charge in [-0.05, 0) is 80.5 Å². The molecule has 6 nitrogen and oxygen atoms in total. The van der Waals surface area contributed by atoms with E-state index in [1.807, 2.05) is 0 Å². The van der Waals surface area contributed by atoms with E-state index in [-0.39, 0.29) is 68.9 Å². The fourth-order valence-corrected chi connectivity index (χ4v) is 10.9. The van der Waals surface area contributed by atoms with Crippen LogP contribution in [0.1, 0.15) is 91.9 Å². The monoisotopic (exact) mass is 690 g/mol. The lowest BCUT2D eigenvalue weighted by Crippen LogP contribution is -3.00. The number of hydrogen-bond acceptors (Lipinski definition) is 4. The van der Waals surface area contributed by atoms with Gasteiger partial charge in [-0.3, -0.25) is 9.59 Å². The molecule has 4 aliphatic carbocycles. The van der Waals surface area contributed by atoms with Crippen molar-refractivity contribution in [1.29, 1.82) is 0 Å². The molecule has 0 aromatic heterocycles. The molecule has 0 amide bonds. The number of likely N-dealkylation sites (tertiary alicyclic amines) is 1. The average molecular weight is 693 g/mol. The Morgan fingerprint density at radius 1 is 0.825 bits per heavy atom. The van der Waals surface area contributed by atoms with Gasteiger partial charge in [0.15, 0.2) is 12.2 Å². The summed E-state index contributed by atoms with van der Waals surface area (Å²) in [4.78, 5) is 24.5. The molecule has 0 spiro atoms. The zero-order chi connectivity index (χ0) is 27.7. The Morgan fingerprint density at radius 3 is 2.02 bits per heavy atom. The van der Waals surface area contributed by atoms with E-state index in [1.54, 1.807) is 13.8 Å². The van der Waals surface area contributed by atoms with E-state index in [2.05, 4.69) is 42.0 Å². The first-order valence-electron chi connectivity index (χ1n) is 15.7. The molecule has 40 heavy (non-hydrogen) atoms. The third-order valence-corrected chi connectivity index (χ3v) is 12.8. The summed E-state index contributed by atoms with van der Waals surface area (Å²) in [5.74, 6) is 2.41. The van der Waals surface area contributed by atoms with Crippen LogP contribution in [0.2, 0.25) is 0 Å². The number of carbonyl (C=O) groups is 2. The molecule has 8 heteroatoms. The van der Waals surface area contributed by atoms with Gasteiger partial charge >= 0.3 is 11.9 Å². The van der Waals surface area contributed by atoms with Gasteiger partial charge in [-0.15, -0.1) is 0 Å². The fraction of sp³-hybridized carbons (Fsp3) is 0.938. The normalized spacial score (nSPS) is 44.0. The molecule has 1 aliphatic heterocycles. The van der Waals surface area contributed by atoms with Crippen LogP contribution in [0, 0.1) is 34.5 Å². The lowest BCUT2D eigenvalue weighted by Gasteiger charge is -2.63. The summed E-state index contributed by atoms with van der Waals surface area (Å²) >= 11 is 0. The zero-order valence-corrected chi connectivity index (χ0v) is 29.6. The van der Waals surface area contributed by atoms with E-state index in [9.17, 15) is 9.59 Å². The molecule has 0 radical (unpaired) electrons. The maximum absolute atomic E-state index is 12.3. The third-order valence-electron chi connectivity index (χ3n) is 12.8. The summed E-state index contributed by atoms with van der Waals surface area (Å²) in [5.41, 5.74) is 0.349. The minimum absolute atomic E-state index is 0. The molecule has 5 fully saturated rings. The van der Waals surface area contributed by atoms with Crippen molar-refractivity contribution < 1.29 is 62.0 Å². The van der Waals surface area contributed by atoms with Gasteiger partial charge in [0, 0.05) is 32.1 Å². The summed E-state index contributed by atoms with van der Waals surface area (Å²) in [6.45, 7) is 10.7. The first-order valence-corrected chi connectivity index (χ1v) is 15.7. The van der Waals surface area contributed by atoms with Crippen LogP contribution in [-0.2, 0) is 19.1 Å². The van der Waals surface area contributed by atoms with Gasteiger partial charge in [0.2, 0.25) is 0 Å². The molecule has 0 bridgehead atoms. The Morgan fingerprint density at radius 2 is 1.45 bits per heavy atom. The Bertz CT molecular complexity index is 934. The van der Waals surface area contributed by atoms with E-state index in [0.29, 0.717) is 35.8 Å². The summed E-state index contributed by atoms with van der Waals surface area (Å²) in [7, 11) is 9.29. The van der Waals surface area contributed by atoms with Gasteiger partial charge in [0.25, 0.3) is 0 Å². The van der Waals surface area contributed by atoms with E-state index < -0.39 is 0 Å². The van der Waals surface area contributed by atoms with Gasteiger partial charge in [-0.25, -0.2) is 0 Å². The van der Waals surface area contributed by atoms with Crippen molar-refractivity contribution in [2.75, 3.05) is 41.3 Å². The lowest BCUT2D eigenvalue weighted by molar-refractivity contribution is -0.943. The Kier molecular flexibility index (Phi) is 10.4. The minimum Gasteiger partial charge on any atom is -1.00 e. The number of ether oxygens (including phenoxy) is 2. The zero-order valence-electron chi connectivity index (χ0n) is 26.4. The van der Waals surface area contributed by atoms with Gasteiger partial charge in [0.05, 0.1) is 41.3 Å². The molecule has 10 atom stereocenters. The molecule has 5 aliphatic rings. The van der Waals surface area contributed by atoms with Crippen LogP contribution in [0.25, 0.3) is 0 Å². The maximum atomic E-state index is 12.3. The second kappa shape index (κ2) is 12.1. The molecular weight excluding hydrogens is 636 g/mol. The molecule has 5 rings (SSSR count). The number of rotatable bonds is 4. The molecule has 1 saturated heterocycles. The Balaban J connectivity index is 0.00000220. The number of halogens is 2. The van der Waals surface area contributed by atoms with E-state index in [4.69, 9.17) is 9.47 Å². The second-order valence-corrected chi connectivity index (χ2v) is 15.8. The predicted molar refractivity (Wildman–Crippen MR) is 149 cm³/mol. The average Bonchev–Trinajstić information content (AvgIpc) is 3.11. The standard InChI is InChI=1S/C32H56N2O4.2BrH/c1-21(35)37-29-18-23-12-13-24-25(32(23,4)20-28(29)34(8)16-10-9-11-17-34)14-15-31(3)26(24)19-27(33(5,6)7)30(31)38-22(2)36;;/h23-30H,9-20H2,1-8H3;2*1H/q+2;;/p-2/t23-,24+,25-,26-,27?,28?,29-,30-,31-,32-;;/m0../s1. The van der Waals surface area contributed by atoms with Gasteiger partial charge in [-0.1, -0.05) is 13.8 Å². The van der Waals surface area contributed by atoms with Crippen LogP contribution in [0.15, 0.2) is 0 Å². The third kappa shape index (κ3) is 5.83. The Hall–Kier alpha value is -0.180. The van der Waals surface area contributed by atoms with Crippen LogP contribution in [0.4, 0.5) is 0 Å². The molecule has 4 saturated carbocycles. The topological polar surface area (TPSA) is 52.6 Å². The smallest absolute Gasteiger partial charge is 0.303 e. The first kappa shape index (κ1) is 34.3. The first-order chi connectivity index (χ1) is 17.7. The molecule has 1 heterocycles. The van der Waals surface area contributed by atoms with Crippen molar-refractivity contribution in [1.82, 2.24) is 0 Å². The number of fused-ring (bicyclic) bond motifs is 5. The highest BCUT2D eigenvalue weighted by Gasteiger charge is 2.67. The molecule has 0 aromatic rings. The van der Waals surface area contributed by atoms with Crippen LogP contribution < -0.4 is 34.0 Å². The fourth-order valence-electron chi connectivity index (χ4n) is 10.9. The minimum atomic E-state index is -0.127. The number of carbonyl (C=O) groups excluding carboxylic acids is 2. The van der Waals surface area contributed by atoms with E-state index in [0.717, 1.165) is 28.2 Å². The van der Waals surface area contributed by atoms with Crippen LogP contribution in [0.3, 0.4) is 0 Å². The van der Waals surface area contributed by atoms with Crippen molar-refractivity contribution in [3.63, 3.8) is 0 Å². The van der Waals surface area contributed by atoms with Crippen molar-refractivity contribution in [2.24, 2.45) is 34.5 Å². The molecular formula is C32H56Br2N2O4. The number of quaternary nitrogens is 2. The second-order valence-electron chi connectivity index (χ2n) is 15.8. The number of likely N-dealkylation sites (N-methyl/N-ethyl adjacent to an activating group) is 2. The van der Waals surface area contributed by atoms with Crippen LogP contribution >= 0.6 is 0 Å². The summed E-state index contributed by atoms with van der Waals surface area (Å²) in [5, 5.41) is 0. The highest BCUT2D eigenvalue weighted by molar-refractivity contribution is 5.66. The van der Waals surface area contributed by atoms with Gasteiger partial charge < -0.3 is 52.4 Å². The number of hydrogen-bond donors (Lipinski definition) is 0. The van der Waals surface area contributed by atoms with Gasteiger partial charge in [-0.2, -0.15) is 0 Å². The largest absolute Gasteiger partial charge is 1.00 e. The SMILES string of the molecule is CC(=O)O[C@H]1C[C@@H]2CC[C@@H]3[C@H](CC[C@]4(C)[C@@H](OC(C)=O)C([N+](C)(C)C)C[C@@H]34)[C@@]2(C)CC1[N+]1(C)CCCCC1.[Br-].[Br-]. The Labute approximate surface area is 265 Å². The molecule has 0 N–H and O–H groups in total.